The van der Waals surface area contributed by atoms with E-state index in [1.54, 1.807) is 6.20 Å². The lowest BCUT2D eigenvalue weighted by Crippen LogP contribution is -2.40. The van der Waals surface area contributed by atoms with Gasteiger partial charge in [0.25, 0.3) is 5.91 Å². The van der Waals surface area contributed by atoms with Gasteiger partial charge in [-0.3, -0.25) is 9.78 Å². The van der Waals surface area contributed by atoms with Gasteiger partial charge in [-0.2, -0.15) is 0 Å². The van der Waals surface area contributed by atoms with E-state index in [4.69, 9.17) is 0 Å². The highest BCUT2D eigenvalue weighted by Gasteiger charge is 2.23. The minimum atomic E-state index is 0.106. The van der Waals surface area contributed by atoms with Crippen LogP contribution in [0.25, 0.3) is 0 Å². The van der Waals surface area contributed by atoms with Crippen molar-refractivity contribution < 1.29 is 4.79 Å². The molecule has 1 aromatic rings. The molecule has 0 spiro atoms. The molecule has 4 heteroatoms. The normalized spacial score (nSPS) is 20.9. The number of nitrogens with zero attached hydrogens (tertiary/aromatic N) is 2. The third-order valence-electron chi connectivity index (χ3n) is 2.89. The molecule has 2 rings (SSSR count). The van der Waals surface area contributed by atoms with Crippen molar-refractivity contribution >= 4 is 21.8 Å². The van der Waals surface area contributed by atoms with Crippen LogP contribution in [0.5, 0.6) is 0 Å². The standard InChI is InChI=1S/C12H15BrN2O/c1-9-11(5-2-6-14-9)12(16)15-7-3-4-10(13)8-15/h2,5-6,10H,3-4,7-8H2,1H3. The van der Waals surface area contributed by atoms with Gasteiger partial charge in [0.2, 0.25) is 0 Å². The van der Waals surface area contributed by atoms with Gasteiger partial charge in [0.15, 0.2) is 0 Å². The Morgan fingerprint density at radius 3 is 3.12 bits per heavy atom. The predicted octanol–water partition coefficient (Wildman–Crippen LogP) is 2.39. The molecular formula is C12H15BrN2O. The number of aromatic nitrogens is 1. The molecule has 1 amide bonds. The highest BCUT2D eigenvalue weighted by Crippen LogP contribution is 2.19. The molecule has 1 saturated heterocycles. The van der Waals surface area contributed by atoms with Crippen LogP contribution in [0.1, 0.15) is 28.9 Å². The zero-order valence-corrected chi connectivity index (χ0v) is 10.9. The van der Waals surface area contributed by atoms with E-state index in [1.807, 2.05) is 24.0 Å². The van der Waals surface area contributed by atoms with Gasteiger partial charge in [-0.05, 0) is 31.9 Å². The van der Waals surface area contributed by atoms with Crippen LogP contribution < -0.4 is 0 Å². The van der Waals surface area contributed by atoms with Crippen LogP contribution >= 0.6 is 15.9 Å². The number of hydrogen-bond acceptors (Lipinski definition) is 2. The van der Waals surface area contributed by atoms with Crippen LogP contribution in [-0.4, -0.2) is 33.7 Å². The van der Waals surface area contributed by atoms with E-state index in [-0.39, 0.29) is 5.91 Å². The third-order valence-corrected chi connectivity index (χ3v) is 3.64. The highest BCUT2D eigenvalue weighted by atomic mass is 79.9. The van der Waals surface area contributed by atoms with Gasteiger partial charge < -0.3 is 4.90 Å². The van der Waals surface area contributed by atoms with Gasteiger partial charge in [0, 0.05) is 29.8 Å². The van der Waals surface area contributed by atoms with Gasteiger partial charge in [0.05, 0.1) is 5.56 Å². The van der Waals surface area contributed by atoms with E-state index in [2.05, 4.69) is 20.9 Å². The van der Waals surface area contributed by atoms with Crippen molar-refractivity contribution in [2.45, 2.75) is 24.6 Å². The average Bonchev–Trinajstić information content (AvgIpc) is 2.29. The topological polar surface area (TPSA) is 33.2 Å². The summed E-state index contributed by atoms with van der Waals surface area (Å²) in [6, 6.07) is 3.66. The van der Waals surface area contributed by atoms with Gasteiger partial charge in [0.1, 0.15) is 0 Å². The summed E-state index contributed by atoms with van der Waals surface area (Å²) in [6.07, 6.45) is 3.94. The quantitative estimate of drug-likeness (QED) is 0.741. The lowest BCUT2D eigenvalue weighted by molar-refractivity contribution is 0.0728. The van der Waals surface area contributed by atoms with Crippen LogP contribution in [0.4, 0.5) is 0 Å². The summed E-state index contributed by atoms with van der Waals surface area (Å²) in [5, 5.41) is 0. The number of hydrogen-bond donors (Lipinski definition) is 0. The number of likely N-dealkylation sites (tertiary alicyclic amines) is 1. The predicted molar refractivity (Wildman–Crippen MR) is 66.8 cm³/mol. The van der Waals surface area contributed by atoms with Crippen molar-refractivity contribution in [2.24, 2.45) is 0 Å². The molecule has 1 aliphatic heterocycles. The maximum Gasteiger partial charge on any atom is 0.255 e. The zero-order valence-electron chi connectivity index (χ0n) is 9.32. The number of amides is 1. The summed E-state index contributed by atoms with van der Waals surface area (Å²) in [5.41, 5.74) is 1.54. The largest absolute Gasteiger partial charge is 0.337 e. The molecule has 1 aromatic heterocycles. The number of carbonyl (C=O) groups is 1. The number of halogens is 1. The van der Waals surface area contributed by atoms with Crippen LogP contribution in [0.15, 0.2) is 18.3 Å². The fourth-order valence-electron chi connectivity index (χ4n) is 1.99. The highest BCUT2D eigenvalue weighted by molar-refractivity contribution is 9.09. The Morgan fingerprint density at radius 1 is 1.62 bits per heavy atom. The van der Waals surface area contributed by atoms with Gasteiger partial charge >= 0.3 is 0 Å². The Kier molecular flexibility index (Phi) is 3.59. The minimum absolute atomic E-state index is 0.106. The molecule has 2 heterocycles. The fraction of sp³-hybridized carbons (Fsp3) is 0.500. The van der Waals surface area contributed by atoms with Gasteiger partial charge in [-0.25, -0.2) is 0 Å². The molecule has 1 unspecified atom stereocenters. The first-order chi connectivity index (χ1) is 7.68. The monoisotopic (exact) mass is 282 g/mol. The number of alkyl halides is 1. The summed E-state index contributed by atoms with van der Waals surface area (Å²) >= 11 is 3.58. The van der Waals surface area contributed by atoms with Crippen molar-refractivity contribution in [2.75, 3.05) is 13.1 Å². The first kappa shape index (κ1) is 11.6. The lowest BCUT2D eigenvalue weighted by atomic mass is 10.1. The summed E-state index contributed by atoms with van der Waals surface area (Å²) < 4.78 is 0. The Labute approximate surface area is 104 Å². The first-order valence-corrected chi connectivity index (χ1v) is 6.45. The molecule has 0 N–H and O–H groups in total. The molecule has 0 saturated carbocycles. The average molecular weight is 283 g/mol. The van der Waals surface area contributed by atoms with Crippen LogP contribution in [0.3, 0.4) is 0 Å². The number of carbonyl (C=O) groups excluding carboxylic acids is 1. The van der Waals surface area contributed by atoms with Crippen molar-refractivity contribution in [1.82, 2.24) is 9.88 Å². The number of piperidine rings is 1. The molecule has 1 atom stereocenters. The molecule has 86 valence electrons. The Morgan fingerprint density at radius 2 is 2.44 bits per heavy atom. The molecule has 0 bridgehead atoms. The van der Waals surface area contributed by atoms with Gasteiger partial charge in [-0.15, -0.1) is 0 Å². The molecule has 0 aromatic carbocycles. The van der Waals surface area contributed by atoms with Crippen LogP contribution in [0, 0.1) is 6.92 Å². The molecule has 0 radical (unpaired) electrons. The summed E-state index contributed by atoms with van der Waals surface area (Å²) in [5.74, 6) is 0.106. The van der Waals surface area contributed by atoms with Crippen LogP contribution in [0.2, 0.25) is 0 Å². The van der Waals surface area contributed by atoms with Gasteiger partial charge in [-0.1, -0.05) is 15.9 Å². The second-order valence-electron chi connectivity index (χ2n) is 4.13. The summed E-state index contributed by atoms with van der Waals surface area (Å²) in [4.78, 5) is 18.7. The van der Waals surface area contributed by atoms with Crippen molar-refractivity contribution in [3.05, 3.63) is 29.6 Å². The number of aryl methyl sites for hydroxylation is 1. The maximum absolute atomic E-state index is 12.2. The summed E-state index contributed by atoms with van der Waals surface area (Å²) in [6.45, 7) is 3.53. The molecule has 1 fully saturated rings. The SMILES string of the molecule is Cc1ncccc1C(=O)N1CCCC(Br)C1. The number of rotatable bonds is 1. The molecular weight excluding hydrogens is 268 g/mol. The van der Waals surface area contributed by atoms with E-state index in [0.29, 0.717) is 4.83 Å². The second kappa shape index (κ2) is 4.95. The second-order valence-corrected chi connectivity index (χ2v) is 5.42. The Bertz CT molecular complexity index is 394. The van der Waals surface area contributed by atoms with Crippen LogP contribution in [-0.2, 0) is 0 Å². The molecule has 16 heavy (non-hydrogen) atoms. The van der Waals surface area contributed by atoms with E-state index in [9.17, 15) is 4.79 Å². The first-order valence-electron chi connectivity index (χ1n) is 5.53. The van der Waals surface area contributed by atoms with E-state index in [1.165, 1.54) is 0 Å². The Hall–Kier alpha value is -0.900. The maximum atomic E-state index is 12.2. The smallest absolute Gasteiger partial charge is 0.255 e. The van der Waals surface area contributed by atoms with Crippen molar-refractivity contribution in [3.8, 4) is 0 Å². The molecule has 1 aliphatic rings. The number of pyridine rings is 1. The molecule has 3 nitrogen and oxygen atoms in total. The summed E-state index contributed by atoms with van der Waals surface area (Å²) in [7, 11) is 0. The third kappa shape index (κ3) is 2.43. The van der Waals surface area contributed by atoms with E-state index < -0.39 is 0 Å². The lowest BCUT2D eigenvalue weighted by Gasteiger charge is -2.30. The van der Waals surface area contributed by atoms with Crippen molar-refractivity contribution in [3.63, 3.8) is 0 Å². The van der Waals surface area contributed by atoms with E-state index >= 15 is 0 Å². The fourth-order valence-corrected chi connectivity index (χ4v) is 2.66. The Balaban J connectivity index is 2.16. The van der Waals surface area contributed by atoms with E-state index in [0.717, 1.165) is 37.2 Å². The zero-order chi connectivity index (χ0) is 11.5. The van der Waals surface area contributed by atoms with Crippen molar-refractivity contribution in [1.29, 1.82) is 0 Å². The minimum Gasteiger partial charge on any atom is -0.337 e. The molecule has 0 aliphatic carbocycles.